The van der Waals surface area contributed by atoms with Crippen LogP contribution >= 0.6 is 0 Å². The summed E-state index contributed by atoms with van der Waals surface area (Å²) >= 11 is 0. The monoisotopic (exact) mass is 917 g/mol. The van der Waals surface area contributed by atoms with Crippen LogP contribution in [0.2, 0.25) is 0 Å². The van der Waals surface area contributed by atoms with Gasteiger partial charge < -0.3 is 14.2 Å². The number of esters is 3. The fraction of sp³-hybridized carbons (Fsp3) is 0.459. The fourth-order valence-electron chi connectivity index (χ4n) is 5.75. The van der Waals surface area contributed by atoms with Gasteiger partial charge in [-0.2, -0.15) is 0 Å². The van der Waals surface area contributed by atoms with E-state index >= 15 is 0 Å². The first-order valence-electron chi connectivity index (χ1n) is 25.3. The van der Waals surface area contributed by atoms with E-state index in [0.29, 0.717) is 19.3 Å². The Morgan fingerprint density at radius 1 is 0.299 bits per heavy atom. The molecule has 0 aromatic carbocycles. The first kappa shape index (κ1) is 61.5. The van der Waals surface area contributed by atoms with Gasteiger partial charge in [0.15, 0.2) is 6.10 Å². The van der Waals surface area contributed by atoms with Gasteiger partial charge in [0.2, 0.25) is 0 Å². The Hall–Kier alpha value is -5.49. The Labute approximate surface area is 408 Å². The molecule has 0 aliphatic carbocycles. The van der Waals surface area contributed by atoms with Gasteiger partial charge in [0.25, 0.3) is 0 Å². The van der Waals surface area contributed by atoms with Gasteiger partial charge >= 0.3 is 17.9 Å². The first-order chi connectivity index (χ1) is 33.0. The standard InChI is InChI=1S/C61H88O6/c1-4-7-10-13-16-19-22-25-27-29-30-32-33-36-39-42-45-48-51-54-60(63)66-57-58(56-65-59(62)53-50-47-44-41-38-35-24-21-18-15-12-9-6-3)67-61(64)55-52-49-46-43-40-37-34-31-28-26-23-20-17-14-11-8-5-2/h7-12,16-21,25-28,30,32,34-39,43-48,58H,4-6,13-15,22-24,29,31,33,40-42,49-57H2,1-3H3/b10-7-,11-8-,12-9-,19-16-,20-17-,21-18-,27-25-,28-26-,32-30-,37-34-,38-35-,39-36-,46-43-,47-44-,48-45-. The van der Waals surface area contributed by atoms with E-state index in [9.17, 15) is 14.4 Å². The Morgan fingerprint density at radius 3 is 0.806 bits per heavy atom. The lowest BCUT2D eigenvalue weighted by atomic mass is 10.2. The van der Waals surface area contributed by atoms with Crippen LogP contribution in [0, 0.1) is 0 Å². The van der Waals surface area contributed by atoms with Crippen LogP contribution in [0.4, 0.5) is 0 Å². The van der Waals surface area contributed by atoms with E-state index in [0.717, 1.165) is 103 Å². The van der Waals surface area contributed by atoms with Crippen molar-refractivity contribution < 1.29 is 28.6 Å². The molecule has 0 heterocycles. The van der Waals surface area contributed by atoms with Crippen molar-refractivity contribution in [1.82, 2.24) is 0 Å². The van der Waals surface area contributed by atoms with Crippen LogP contribution in [0.25, 0.3) is 0 Å². The minimum atomic E-state index is -0.877. The van der Waals surface area contributed by atoms with Crippen molar-refractivity contribution in [1.29, 1.82) is 0 Å². The van der Waals surface area contributed by atoms with Crippen LogP contribution in [-0.4, -0.2) is 37.2 Å². The third-order valence-electron chi connectivity index (χ3n) is 9.41. The number of allylic oxidation sites excluding steroid dienone is 30. The van der Waals surface area contributed by atoms with Crippen molar-refractivity contribution in [2.24, 2.45) is 0 Å². The summed E-state index contributed by atoms with van der Waals surface area (Å²) in [4.78, 5) is 37.9. The zero-order valence-corrected chi connectivity index (χ0v) is 41.8. The molecule has 0 N–H and O–H groups in total. The molecule has 368 valence electrons. The molecule has 0 spiro atoms. The number of hydrogen-bond acceptors (Lipinski definition) is 6. The molecule has 1 unspecified atom stereocenters. The van der Waals surface area contributed by atoms with Crippen LogP contribution in [-0.2, 0) is 28.6 Å². The number of rotatable bonds is 42. The molecule has 0 radical (unpaired) electrons. The predicted octanol–water partition coefficient (Wildman–Crippen LogP) is 17.0. The summed E-state index contributed by atoms with van der Waals surface area (Å²) in [7, 11) is 0. The second kappa shape index (κ2) is 53.1. The first-order valence-corrected chi connectivity index (χ1v) is 25.3. The van der Waals surface area contributed by atoms with E-state index < -0.39 is 24.0 Å². The second-order valence-electron chi connectivity index (χ2n) is 15.6. The van der Waals surface area contributed by atoms with Crippen molar-refractivity contribution in [2.45, 2.75) is 168 Å². The third kappa shape index (κ3) is 51.4. The molecule has 0 aliphatic heterocycles. The highest BCUT2D eigenvalue weighted by molar-refractivity contribution is 5.71. The highest BCUT2D eigenvalue weighted by atomic mass is 16.6. The molecule has 6 nitrogen and oxygen atoms in total. The SMILES string of the molecule is CC/C=C\C/C=C\C/C=C\C/C=C\C/C=C\C/C=C\CCC(=O)OCC(COC(=O)CC/C=C\C/C=C\C/C=C\C/C=C\CC)OC(=O)CCC/C=C\C/C=C\C/C=C\C/C=C\C/C=C\CC. The highest BCUT2D eigenvalue weighted by Gasteiger charge is 2.19. The molecule has 67 heavy (non-hydrogen) atoms. The van der Waals surface area contributed by atoms with Gasteiger partial charge in [0.05, 0.1) is 0 Å². The zero-order valence-electron chi connectivity index (χ0n) is 41.8. The molecule has 0 amide bonds. The van der Waals surface area contributed by atoms with Crippen LogP contribution in [0.3, 0.4) is 0 Å². The van der Waals surface area contributed by atoms with Gasteiger partial charge in [0, 0.05) is 19.3 Å². The maximum Gasteiger partial charge on any atom is 0.306 e. The van der Waals surface area contributed by atoms with Crippen molar-refractivity contribution in [2.75, 3.05) is 13.2 Å². The van der Waals surface area contributed by atoms with E-state index in [4.69, 9.17) is 14.2 Å². The largest absolute Gasteiger partial charge is 0.462 e. The summed E-state index contributed by atoms with van der Waals surface area (Å²) in [5.41, 5.74) is 0. The number of hydrogen-bond donors (Lipinski definition) is 0. The molecule has 1 atom stereocenters. The number of carbonyl (C=O) groups is 3. The number of ether oxygens (including phenoxy) is 3. The molecule has 0 bridgehead atoms. The summed E-state index contributed by atoms with van der Waals surface area (Å²) in [6, 6.07) is 0. The van der Waals surface area contributed by atoms with Crippen molar-refractivity contribution in [3.63, 3.8) is 0 Å². The molecular weight excluding hydrogens is 829 g/mol. The average molecular weight is 917 g/mol. The second-order valence-corrected chi connectivity index (χ2v) is 15.6. The van der Waals surface area contributed by atoms with E-state index in [-0.39, 0.29) is 32.5 Å². The fourth-order valence-corrected chi connectivity index (χ4v) is 5.75. The summed E-state index contributed by atoms with van der Waals surface area (Å²) in [6.07, 6.45) is 80.5. The van der Waals surface area contributed by atoms with Crippen LogP contribution < -0.4 is 0 Å². The average Bonchev–Trinajstić information content (AvgIpc) is 3.33. The topological polar surface area (TPSA) is 78.9 Å². The summed E-state index contributed by atoms with van der Waals surface area (Å²) in [5.74, 6) is -1.21. The van der Waals surface area contributed by atoms with Crippen LogP contribution in [0.15, 0.2) is 182 Å². The lowest BCUT2D eigenvalue weighted by Crippen LogP contribution is -2.30. The Kier molecular flexibility index (Phi) is 48.8. The van der Waals surface area contributed by atoms with E-state index in [2.05, 4.69) is 179 Å². The van der Waals surface area contributed by atoms with Gasteiger partial charge in [-0.1, -0.05) is 203 Å². The quantitative estimate of drug-likeness (QED) is 0.0263. The predicted molar refractivity (Wildman–Crippen MR) is 287 cm³/mol. The highest BCUT2D eigenvalue weighted by Crippen LogP contribution is 2.08. The minimum absolute atomic E-state index is 0.173. The van der Waals surface area contributed by atoms with Gasteiger partial charge in [-0.25, -0.2) is 0 Å². The minimum Gasteiger partial charge on any atom is -0.462 e. The summed E-state index contributed by atoms with van der Waals surface area (Å²) < 4.78 is 16.6. The van der Waals surface area contributed by atoms with E-state index in [1.807, 2.05) is 24.3 Å². The molecule has 6 heteroatoms. The Balaban J connectivity index is 4.72. The molecule has 0 saturated heterocycles. The normalized spacial score (nSPS) is 13.7. The third-order valence-corrected chi connectivity index (χ3v) is 9.41. The number of carbonyl (C=O) groups excluding carboxylic acids is 3. The van der Waals surface area contributed by atoms with Crippen LogP contribution in [0.1, 0.15) is 162 Å². The molecule has 0 aromatic rings. The molecule has 0 saturated carbocycles. The summed E-state index contributed by atoms with van der Waals surface area (Å²) in [6.45, 7) is 6.07. The smallest absolute Gasteiger partial charge is 0.306 e. The van der Waals surface area contributed by atoms with E-state index in [1.165, 1.54) is 0 Å². The zero-order chi connectivity index (χ0) is 48.6. The van der Waals surface area contributed by atoms with Gasteiger partial charge in [0.1, 0.15) is 13.2 Å². The van der Waals surface area contributed by atoms with Gasteiger partial charge in [-0.3, -0.25) is 14.4 Å². The summed E-state index contributed by atoms with van der Waals surface area (Å²) in [5, 5.41) is 0. The number of unbranched alkanes of at least 4 members (excludes halogenated alkanes) is 1. The lowest BCUT2D eigenvalue weighted by Gasteiger charge is -2.18. The van der Waals surface area contributed by atoms with Gasteiger partial charge in [-0.15, -0.1) is 0 Å². The van der Waals surface area contributed by atoms with E-state index in [1.54, 1.807) is 0 Å². The lowest BCUT2D eigenvalue weighted by molar-refractivity contribution is -0.166. The maximum atomic E-state index is 12.8. The molecular formula is C61H88O6. The molecule has 0 rings (SSSR count). The molecule has 0 aromatic heterocycles. The molecule has 0 fully saturated rings. The van der Waals surface area contributed by atoms with Crippen molar-refractivity contribution in [3.8, 4) is 0 Å². The van der Waals surface area contributed by atoms with Gasteiger partial charge in [-0.05, 0) is 122 Å². The maximum absolute atomic E-state index is 12.8. The Bertz CT molecular complexity index is 1670. The van der Waals surface area contributed by atoms with Crippen molar-refractivity contribution in [3.05, 3.63) is 182 Å². The van der Waals surface area contributed by atoms with Crippen molar-refractivity contribution >= 4 is 17.9 Å². The molecule has 0 aliphatic rings. The Morgan fingerprint density at radius 2 is 0.537 bits per heavy atom. The van der Waals surface area contributed by atoms with Crippen LogP contribution in [0.5, 0.6) is 0 Å².